The van der Waals surface area contributed by atoms with Crippen LogP contribution in [0.15, 0.2) is 35.1 Å². The van der Waals surface area contributed by atoms with Gasteiger partial charge >= 0.3 is 0 Å². The van der Waals surface area contributed by atoms with E-state index in [0.29, 0.717) is 18.4 Å². The summed E-state index contributed by atoms with van der Waals surface area (Å²) in [4.78, 5) is 29.5. The summed E-state index contributed by atoms with van der Waals surface area (Å²) in [6.45, 7) is 6.39. The molecule has 2 heterocycles. The zero-order chi connectivity index (χ0) is 20.8. The number of H-pyrrole nitrogens is 1. The van der Waals surface area contributed by atoms with Crippen molar-refractivity contribution < 1.29 is 4.79 Å². The Hall–Kier alpha value is -2.91. The van der Waals surface area contributed by atoms with E-state index in [9.17, 15) is 14.9 Å². The van der Waals surface area contributed by atoms with Crippen molar-refractivity contribution in [2.75, 3.05) is 13.1 Å². The molecule has 0 radical (unpaired) electrons. The van der Waals surface area contributed by atoms with Crippen molar-refractivity contribution in [3.8, 4) is 6.07 Å². The molecule has 1 atom stereocenters. The number of amides is 1. The highest BCUT2D eigenvalue weighted by atomic mass is 16.1. The van der Waals surface area contributed by atoms with Crippen LogP contribution in [0.2, 0.25) is 0 Å². The van der Waals surface area contributed by atoms with Gasteiger partial charge in [-0.3, -0.25) is 14.5 Å². The Morgan fingerprint density at radius 2 is 2.07 bits per heavy atom. The largest absolute Gasteiger partial charge is 0.352 e. The number of nitrogens with zero attached hydrogens (tertiary/aromatic N) is 2. The number of hydrogen-bond donors (Lipinski definition) is 2. The summed E-state index contributed by atoms with van der Waals surface area (Å²) in [6, 6.07) is 12.5. The topological polar surface area (TPSA) is 89.0 Å². The molecule has 2 aromatic rings. The van der Waals surface area contributed by atoms with Crippen LogP contribution in [-0.2, 0) is 17.8 Å². The second-order valence-electron chi connectivity index (χ2n) is 7.80. The maximum Gasteiger partial charge on any atom is 0.266 e. The van der Waals surface area contributed by atoms with Gasteiger partial charge in [-0.05, 0) is 56.3 Å². The first-order valence-corrected chi connectivity index (χ1v) is 10.2. The maximum atomic E-state index is 12.5. The first-order valence-electron chi connectivity index (χ1n) is 10.2. The number of aromatic amines is 1. The zero-order valence-electron chi connectivity index (χ0n) is 17.1. The number of aryl methyl sites for hydroxylation is 1. The molecule has 1 unspecified atom stereocenters. The van der Waals surface area contributed by atoms with Crippen LogP contribution in [-0.4, -0.2) is 34.9 Å². The first kappa shape index (κ1) is 20.8. The lowest BCUT2D eigenvalue weighted by Crippen LogP contribution is -2.47. The number of pyridine rings is 1. The molecule has 0 spiro atoms. The molecule has 0 saturated carbocycles. The van der Waals surface area contributed by atoms with Crippen molar-refractivity contribution in [1.29, 1.82) is 5.26 Å². The van der Waals surface area contributed by atoms with Gasteiger partial charge in [0.2, 0.25) is 5.91 Å². The fraction of sp³-hybridized carbons (Fsp3) is 0.435. The average molecular weight is 393 g/mol. The molecule has 29 heavy (non-hydrogen) atoms. The van der Waals surface area contributed by atoms with Crippen molar-refractivity contribution >= 4 is 5.91 Å². The predicted molar refractivity (Wildman–Crippen MR) is 112 cm³/mol. The highest BCUT2D eigenvalue weighted by Crippen LogP contribution is 2.16. The minimum Gasteiger partial charge on any atom is -0.352 e. The molecule has 1 aliphatic rings. The summed E-state index contributed by atoms with van der Waals surface area (Å²) < 4.78 is 0. The number of hydrogen-bond acceptors (Lipinski definition) is 4. The quantitative estimate of drug-likeness (QED) is 0.791. The maximum absolute atomic E-state index is 12.5. The Morgan fingerprint density at radius 3 is 2.79 bits per heavy atom. The van der Waals surface area contributed by atoms with E-state index in [1.807, 2.05) is 19.1 Å². The van der Waals surface area contributed by atoms with Crippen LogP contribution in [0.3, 0.4) is 0 Å². The fourth-order valence-corrected chi connectivity index (χ4v) is 4.12. The minimum absolute atomic E-state index is 0.0140. The molecule has 1 amide bonds. The van der Waals surface area contributed by atoms with Gasteiger partial charge in [0.1, 0.15) is 11.6 Å². The molecule has 0 bridgehead atoms. The lowest BCUT2D eigenvalue weighted by Gasteiger charge is -2.33. The molecular weight excluding hydrogens is 364 g/mol. The Morgan fingerprint density at radius 1 is 1.31 bits per heavy atom. The molecular formula is C23H28N4O2. The molecule has 1 aromatic heterocycles. The van der Waals surface area contributed by atoms with E-state index in [0.717, 1.165) is 43.7 Å². The molecule has 1 aliphatic heterocycles. The minimum atomic E-state index is -0.364. The van der Waals surface area contributed by atoms with Crippen molar-refractivity contribution in [1.82, 2.24) is 15.2 Å². The van der Waals surface area contributed by atoms with E-state index in [1.54, 1.807) is 6.92 Å². The number of nitrogens with one attached hydrogen (secondary N) is 2. The summed E-state index contributed by atoms with van der Waals surface area (Å²) in [6.07, 6.45) is 2.91. The van der Waals surface area contributed by atoms with Gasteiger partial charge in [0.05, 0.1) is 0 Å². The van der Waals surface area contributed by atoms with Crippen LogP contribution in [0.25, 0.3) is 0 Å². The number of piperidine rings is 1. The third-order valence-corrected chi connectivity index (χ3v) is 5.64. The van der Waals surface area contributed by atoms with Gasteiger partial charge in [-0.1, -0.05) is 30.3 Å². The summed E-state index contributed by atoms with van der Waals surface area (Å²) in [5, 5.41) is 12.4. The third kappa shape index (κ3) is 5.33. The first-order chi connectivity index (χ1) is 14.0. The van der Waals surface area contributed by atoms with Crippen LogP contribution < -0.4 is 10.9 Å². The molecule has 152 valence electrons. The van der Waals surface area contributed by atoms with E-state index in [1.165, 1.54) is 5.56 Å². The lowest BCUT2D eigenvalue weighted by atomic mass is 9.98. The van der Waals surface area contributed by atoms with E-state index < -0.39 is 0 Å². The van der Waals surface area contributed by atoms with E-state index in [-0.39, 0.29) is 23.1 Å². The van der Waals surface area contributed by atoms with Crippen LogP contribution in [0.1, 0.15) is 47.2 Å². The van der Waals surface area contributed by atoms with Gasteiger partial charge in [0.15, 0.2) is 0 Å². The third-order valence-electron chi connectivity index (χ3n) is 5.64. The predicted octanol–water partition coefficient (Wildman–Crippen LogP) is 2.58. The van der Waals surface area contributed by atoms with Crippen molar-refractivity contribution in [3.05, 3.63) is 68.6 Å². The van der Waals surface area contributed by atoms with Gasteiger partial charge in [-0.15, -0.1) is 0 Å². The summed E-state index contributed by atoms with van der Waals surface area (Å²) in [5.74, 6) is 0.0140. The summed E-state index contributed by atoms with van der Waals surface area (Å²) >= 11 is 0. The van der Waals surface area contributed by atoms with Crippen LogP contribution in [0, 0.1) is 25.2 Å². The highest BCUT2D eigenvalue weighted by molar-refractivity contribution is 5.76. The highest BCUT2D eigenvalue weighted by Gasteiger charge is 2.22. The smallest absolute Gasteiger partial charge is 0.266 e. The van der Waals surface area contributed by atoms with Gasteiger partial charge in [-0.25, -0.2) is 0 Å². The van der Waals surface area contributed by atoms with Gasteiger partial charge < -0.3 is 10.3 Å². The SMILES string of the molecule is Cc1[nH]c(=O)c(C#N)c(C)c1CCC(=O)NC1CCCN(Cc2ccccc2)C1. The number of carbonyl (C=O) groups is 1. The Balaban J connectivity index is 1.55. The number of carbonyl (C=O) groups excluding carboxylic acids is 1. The molecule has 6 heteroatoms. The number of aromatic nitrogens is 1. The number of rotatable bonds is 6. The molecule has 1 fully saturated rings. The standard InChI is InChI=1S/C23H28N4O2/c1-16-20(17(2)25-23(29)21(16)13-24)10-11-22(28)26-19-9-6-12-27(15-19)14-18-7-4-3-5-8-18/h3-5,7-8,19H,6,9-12,14-15H2,1-2H3,(H,25,29)(H,26,28). The lowest BCUT2D eigenvalue weighted by molar-refractivity contribution is -0.122. The van der Waals surface area contributed by atoms with Crippen molar-refractivity contribution in [2.45, 2.75) is 52.1 Å². The normalized spacial score (nSPS) is 16.9. The number of likely N-dealkylation sites (tertiary alicyclic amines) is 1. The van der Waals surface area contributed by atoms with Gasteiger partial charge in [-0.2, -0.15) is 5.26 Å². The fourth-order valence-electron chi connectivity index (χ4n) is 4.12. The van der Waals surface area contributed by atoms with Crippen LogP contribution in [0.4, 0.5) is 0 Å². The van der Waals surface area contributed by atoms with Gasteiger partial charge in [0.25, 0.3) is 5.56 Å². The van der Waals surface area contributed by atoms with Crippen LogP contribution >= 0.6 is 0 Å². The summed E-state index contributed by atoms with van der Waals surface area (Å²) in [7, 11) is 0. The van der Waals surface area contributed by atoms with Gasteiger partial charge in [0, 0.05) is 31.2 Å². The second kappa shape index (κ2) is 9.53. The molecule has 3 rings (SSSR count). The van der Waals surface area contributed by atoms with E-state index >= 15 is 0 Å². The zero-order valence-corrected chi connectivity index (χ0v) is 17.1. The van der Waals surface area contributed by atoms with Crippen molar-refractivity contribution in [2.24, 2.45) is 0 Å². The monoisotopic (exact) mass is 392 g/mol. The molecule has 1 saturated heterocycles. The average Bonchev–Trinajstić information content (AvgIpc) is 2.69. The van der Waals surface area contributed by atoms with Crippen LogP contribution in [0.5, 0.6) is 0 Å². The number of benzene rings is 1. The van der Waals surface area contributed by atoms with Crippen molar-refractivity contribution in [3.63, 3.8) is 0 Å². The molecule has 0 aliphatic carbocycles. The molecule has 1 aromatic carbocycles. The van der Waals surface area contributed by atoms with E-state index in [2.05, 4.69) is 39.5 Å². The Bertz CT molecular complexity index is 959. The van der Waals surface area contributed by atoms with E-state index in [4.69, 9.17) is 0 Å². The molecule has 2 N–H and O–H groups in total. The second-order valence-corrected chi connectivity index (χ2v) is 7.80. The Kier molecular flexibility index (Phi) is 6.84. The summed E-state index contributed by atoms with van der Waals surface area (Å²) in [5.41, 5.74) is 3.34. The molecule has 6 nitrogen and oxygen atoms in total. The Labute approximate surface area is 171 Å². The number of nitriles is 1.